The van der Waals surface area contributed by atoms with Crippen molar-refractivity contribution in [1.82, 2.24) is 24.5 Å². The molecule has 0 aliphatic rings. The molecular formula is C21H18F3N5O4S. The molecule has 2 aromatic heterocycles. The number of methoxy groups -OCH3 is 1. The lowest BCUT2D eigenvalue weighted by molar-refractivity contribution is -0.139. The minimum Gasteiger partial charge on any atom is -0.496 e. The highest BCUT2D eigenvalue weighted by atomic mass is 32.2. The van der Waals surface area contributed by atoms with E-state index in [1.165, 1.54) is 23.8 Å². The van der Waals surface area contributed by atoms with Gasteiger partial charge < -0.3 is 9.47 Å². The third-order valence-corrected chi connectivity index (χ3v) is 6.23. The van der Waals surface area contributed by atoms with Gasteiger partial charge in [0.05, 0.1) is 23.1 Å². The van der Waals surface area contributed by atoms with Gasteiger partial charge in [-0.05, 0) is 30.3 Å². The predicted molar refractivity (Wildman–Crippen MR) is 115 cm³/mol. The van der Waals surface area contributed by atoms with Gasteiger partial charge in [0.15, 0.2) is 11.5 Å². The van der Waals surface area contributed by atoms with Crippen LogP contribution in [0.2, 0.25) is 0 Å². The van der Waals surface area contributed by atoms with Gasteiger partial charge in [-0.2, -0.15) is 17.7 Å². The van der Waals surface area contributed by atoms with E-state index >= 15 is 0 Å². The Hall–Kier alpha value is -3.71. The lowest BCUT2D eigenvalue weighted by Gasteiger charge is -2.13. The highest BCUT2D eigenvalue weighted by molar-refractivity contribution is 7.89. The lowest BCUT2D eigenvalue weighted by atomic mass is 10.2. The summed E-state index contributed by atoms with van der Waals surface area (Å²) >= 11 is 0. The predicted octanol–water partition coefficient (Wildman–Crippen LogP) is 3.18. The number of benzene rings is 2. The van der Waals surface area contributed by atoms with Gasteiger partial charge in [-0.1, -0.05) is 24.3 Å². The fourth-order valence-corrected chi connectivity index (χ4v) is 4.43. The van der Waals surface area contributed by atoms with E-state index in [9.17, 15) is 21.6 Å². The zero-order chi connectivity index (χ0) is 24.3. The van der Waals surface area contributed by atoms with Crippen LogP contribution in [0.25, 0.3) is 17.0 Å². The van der Waals surface area contributed by atoms with Gasteiger partial charge in [-0.25, -0.2) is 13.1 Å². The van der Waals surface area contributed by atoms with Gasteiger partial charge in [-0.15, -0.1) is 15.3 Å². The number of hydrogen-bond donors (Lipinski definition) is 1. The standard InChI is InChI=1S/C21H18F3N5O4S/c1-32-16-8-4-2-6-14(16)20-27-26-18-10-11-19(28-29(18)20)33-13-12-25-34(30,31)17-9-5-3-7-15(17)21(22,23)24/h2-11,25H,12-13H2,1H3. The molecule has 2 heterocycles. The van der Waals surface area contributed by atoms with Crippen molar-refractivity contribution >= 4 is 15.7 Å². The molecule has 4 aromatic rings. The number of sulfonamides is 1. The maximum Gasteiger partial charge on any atom is 0.417 e. The van der Waals surface area contributed by atoms with Crippen LogP contribution in [0.4, 0.5) is 13.2 Å². The number of halogens is 3. The van der Waals surface area contributed by atoms with Crippen molar-refractivity contribution in [3.8, 4) is 23.0 Å². The van der Waals surface area contributed by atoms with Crippen molar-refractivity contribution in [2.75, 3.05) is 20.3 Å². The summed E-state index contributed by atoms with van der Waals surface area (Å²) in [6.07, 6.45) is -4.81. The molecule has 0 fully saturated rings. The molecule has 13 heteroatoms. The van der Waals surface area contributed by atoms with E-state index in [-0.39, 0.29) is 19.0 Å². The van der Waals surface area contributed by atoms with Crippen LogP contribution in [0.5, 0.6) is 11.6 Å². The van der Waals surface area contributed by atoms with Crippen molar-refractivity contribution in [1.29, 1.82) is 0 Å². The van der Waals surface area contributed by atoms with Crippen LogP contribution in [0.1, 0.15) is 5.56 Å². The van der Waals surface area contributed by atoms with Crippen LogP contribution in [0.15, 0.2) is 65.6 Å². The van der Waals surface area contributed by atoms with Crippen molar-refractivity contribution in [2.24, 2.45) is 0 Å². The van der Waals surface area contributed by atoms with E-state index in [0.717, 1.165) is 12.1 Å². The first-order valence-electron chi connectivity index (χ1n) is 9.85. The van der Waals surface area contributed by atoms with E-state index in [1.54, 1.807) is 18.2 Å². The van der Waals surface area contributed by atoms with Crippen molar-refractivity contribution in [3.63, 3.8) is 0 Å². The van der Waals surface area contributed by atoms with Crippen LogP contribution in [0, 0.1) is 0 Å². The summed E-state index contributed by atoms with van der Waals surface area (Å²) in [7, 11) is -2.89. The van der Waals surface area contributed by atoms with Crippen LogP contribution < -0.4 is 14.2 Å². The molecule has 0 unspecified atom stereocenters. The Morgan fingerprint density at radius 3 is 2.50 bits per heavy atom. The lowest BCUT2D eigenvalue weighted by Crippen LogP contribution is -2.30. The van der Waals surface area contributed by atoms with E-state index in [4.69, 9.17) is 9.47 Å². The SMILES string of the molecule is COc1ccccc1-c1nnc2ccc(OCCNS(=O)(=O)c3ccccc3C(F)(F)F)nn12. The van der Waals surface area contributed by atoms with E-state index in [1.807, 2.05) is 12.1 Å². The highest BCUT2D eigenvalue weighted by Crippen LogP contribution is 2.34. The number of hydrogen-bond acceptors (Lipinski definition) is 7. The number of nitrogens with zero attached hydrogens (tertiary/aromatic N) is 4. The molecule has 0 atom stereocenters. The fraction of sp³-hybridized carbons (Fsp3) is 0.190. The van der Waals surface area contributed by atoms with Crippen molar-refractivity contribution < 1.29 is 31.1 Å². The first kappa shape index (κ1) is 23.4. The van der Waals surface area contributed by atoms with Gasteiger partial charge in [0, 0.05) is 12.6 Å². The summed E-state index contributed by atoms with van der Waals surface area (Å²) in [6, 6.07) is 14.2. The molecule has 4 rings (SSSR count). The topological polar surface area (TPSA) is 108 Å². The largest absolute Gasteiger partial charge is 0.496 e. The third-order valence-electron chi connectivity index (χ3n) is 4.71. The Kier molecular flexibility index (Phi) is 6.39. The number of rotatable bonds is 8. The molecular weight excluding hydrogens is 475 g/mol. The molecule has 0 bridgehead atoms. The van der Waals surface area contributed by atoms with Crippen LogP contribution >= 0.6 is 0 Å². The first-order valence-corrected chi connectivity index (χ1v) is 11.3. The Balaban J connectivity index is 1.47. The number of nitrogens with one attached hydrogen (secondary N) is 1. The molecule has 9 nitrogen and oxygen atoms in total. The molecule has 0 saturated heterocycles. The average molecular weight is 493 g/mol. The quantitative estimate of drug-likeness (QED) is 0.376. The molecule has 0 aliphatic carbocycles. The highest BCUT2D eigenvalue weighted by Gasteiger charge is 2.36. The Bertz CT molecular complexity index is 1420. The molecule has 0 saturated carbocycles. The zero-order valence-electron chi connectivity index (χ0n) is 17.7. The Morgan fingerprint density at radius 1 is 1.00 bits per heavy atom. The zero-order valence-corrected chi connectivity index (χ0v) is 18.5. The fourth-order valence-electron chi connectivity index (χ4n) is 3.19. The maximum atomic E-state index is 13.1. The van der Waals surface area contributed by atoms with Gasteiger partial charge in [0.1, 0.15) is 12.4 Å². The smallest absolute Gasteiger partial charge is 0.417 e. The van der Waals surface area contributed by atoms with Gasteiger partial charge in [0.25, 0.3) is 0 Å². The molecule has 0 aliphatic heterocycles. The molecule has 2 aromatic carbocycles. The Morgan fingerprint density at radius 2 is 1.74 bits per heavy atom. The van der Waals surface area contributed by atoms with Crippen LogP contribution in [0.3, 0.4) is 0 Å². The number of alkyl halides is 3. The summed E-state index contributed by atoms with van der Waals surface area (Å²) in [4.78, 5) is -0.854. The van der Waals surface area contributed by atoms with Crippen LogP contribution in [-0.4, -0.2) is 48.5 Å². The van der Waals surface area contributed by atoms with E-state index in [0.29, 0.717) is 28.9 Å². The van der Waals surface area contributed by atoms with Gasteiger partial charge in [0.2, 0.25) is 15.9 Å². The second kappa shape index (κ2) is 9.27. The number of aromatic nitrogens is 4. The normalized spacial score (nSPS) is 12.1. The average Bonchev–Trinajstić information content (AvgIpc) is 3.24. The number of ether oxygens (including phenoxy) is 2. The van der Waals surface area contributed by atoms with Gasteiger partial charge >= 0.3 is 6.18 Å². The molecule has 0 radical (unpaired) electrons. The van der Waals surface area contributed by atoms with Crippen molar-refractivity contribution in [2.45, 2.75) is 11.1 Å². The second-order valence-electron chi connectivity index (χ2n) is 6.91. The summed E-state index contributed by atoms with van der Waals surface area (Å²) in [6.45, 7) is -0.464. The molecule has 0 spiro atoms. The summed E-state index contributed by atoms with van der Waals surface area (Å²) < 4.78 is 78.6. The Labute approximate surface area is 192 Å². The summed E-state index contributed by atoms with van der Waals surface area (Å²) in [5.41, 5.74) is -0.150. The van der Waals surface area contributed by atoms with Gasteiger partial charge in [-0.3, -0.25) is 0 Å². The number of fused-ring (bicyclic) bond motifs is 1. The summed E-state index contributed by atoms with van der Waals surface area (Å²) in [5.74, 6) is 1.11. The monoisotopic (exact) mass is 493 g/mol. The summed E-state index contributed by atoms with van der Waals surface area (Å²) in [5, 5.41) is 12.5. The first-order chi connectivity index (χ1) is 16.2. The third kappa shape index (κ3) is 4.79. The van der Waals surface area contributed by atoms with Crippen LogP contribution in [-0.2, 0) is 16.2 Å². The van der Waals surface area contributed by atoms with E-state index < -0.39 is 26.7 Å². The minimum absolute atomic E-state index is 0.137. The molecule has 1 N–H and O–H groups in total. The molecule has 0 amide bonds. The number of para-hydroxylation sites is 1. The molecule has 178 valence electrons. The van der Waals surface area contributed by atoms with E-state index in [2.05, 4.69) is 20.0 Å². The minimum atomic E-state index is -4.81. The second-order valence-corrected chi connectivity index (χ2v) is 8.64. The molecule has 34 heavy (non-hydrogen) atoms. The maximum absolute atomic E-state index is 13.1. The van der Waals surface area contributed by atoms with Crippen molar-refractivity contribution in [3.05, 3.63) is 66.2 Å².